The first-order chi connectivity index (χ1) is 13.2. The van der Waals surface area contributed by atoms with E-state index in [2.05, 4.69) is 0 Å². The maximum atomic E-state index is 12.5. The summed E-state index contributed by atoms with van der Waals surface area (Å²) in [4.78, 5) is 42.1. The van der Waals surface area contributed by atoms with Gasteiger partial charge in [0.2, 0.25) is 11.8 Å². The van der Waals surface area contributed by atoms with Crippen LogP contribution in [0.3, 0.4) is 0 Å². The number of benzene rings is 1. The van der Waals surface area contributed by atoms with Gasteiger partial charge in [-0.05, 0) is 39.8 Å². The van der Waals surface area contributed by atoms with Crippen molar-refractivity contribution in [1.82, 2.24) is 9.80 Å². The summed E-state index contributed by atoms with van der Waals surface area (Å²) in [6.07, 6.45) is -0.00106. The molecule has 0 N–H and O–H groups in total. The van der Waals surface area contributed by atoms with Gasteiger partial charge in [0.1, 0.15) is 5.60 Å². The van der Waals surface area contributed by atoms with Gasteiger partial charge in [0, 0.05) is 51.3 Å². The molecule has 1 fully saturated rings. The van der Waals surface area contributed by atoms with E-state index in [1.165, 1.54) is 0 Å². The maximum absolute atomic E-state index is 12.5. The van der Waals surface area contributed by atoms with E-state index >= 15 is 0 Å². The second kappa shape index (κ2) is 9.57. The van der Waals surface area contributed by atoms with E-state index in [4.69, 9.17) is 4.74 Å². The first kappa shape index (κ1) is 21.7. The Balaban J connectivity index is 1.79. The van der Waals surface area contributed by atoms with Crippen LogP contribution in [0.2, 0.25) is 0 Å². The van der Waals surface area contributed by atoms with Crippen molar-refractivity contribution in [2.45, 2.75) is 46.1 Å². The van der Waals surface area contributed by atoms with Gasteiger partial charge in [-0.2, -0.15) is 0 Å². The molecule has 1 aromatic rings. The standard InChI is InChI=1S/C21H31N3O4/c1-5-24(17-9-7-6-8-10-17)19(26)12-11-18(25)22-13-15-23(16-14-22)20(27)28-21(2,3)4/h6-10H,5,11-16H2,1-4H3. The number of ether oxygens (including phenoxy) is 1. The fourth-order valence-corrected chi connectivity index (χ4v) is 3.08. The van der Waals surface area contributed by atoms with Gasteiger partial charge in [-0.1, -0.05) is 18.2 Å². The Morgan fingerprint density at radius 3 is 2.07 bits per heavy atom. The number of para-hydroxylation sites is 1. The summed E-state index contributed by atoms with van der Waals surface area (Å²) in [7, 11) is 0. The number of hydrogen-bond donors (Lipinski definition) is 0. The number of carbonyl (C=O) groups excluding carboxylic acids is 3. The van der Waals surface area contributed by atoms with Crippen molar-refractivity contribution in [2.24, 2.45) is 0 Å². The normalized spacial score (nSPS) is 14.6. The predicted molar refractivity (Wildman–Crippen MR) is 108 cm³/mol. The number of anilines is 1. The van der Waals surface area contributed by atoms with Crippen LogP contribution in [-0.4, -0.2) is 66.0 Å². The van der Waals surface area contributed by atoms with Crippen molar-refractivity contribution in [2.75, 3.05) is 37.6 Å². The van der Waals surface area contributed by atoms with Crippen molar-refractivity contribution < 1.29 is 19.1 Å². The molecule has 1 saturated heterocycles. The monoisotopic (exact) mass is 389 g/mol. The van der Waals surface area contributed by atoms with Crippen molar-refractivity contribution in [1.29, 1.82) is 0 Å². The zero-order valence-corrected chi connectivity index (χ0v) is 17.3. The highest BCUT2D eigenvalue weighted by Gasteiger charge is 2.28. The number of nitrogens with zero attached hydrogens (tertiary/aromatic N) is 3. The molecule has 1 heterocycles. The molecule has 0 unspecified atom stereocenters. The van der Waals surface area contributed by atoms with Crippen LogP contribution in [0.5, 0.6) is 0 Å². The lowest BCUT2D eigenvalue weighted by atomic mass is 10.2. The molecule has 0 saturated carbocycles. The summed E-state index contributed by atoms with van der Waals surface area (Å²) < 4.78 is 5.37. The lowest BCUT2D eigenvalue weighted by Crippen LogP contribution is -2.51. The fraction of sp³-hybridized carbons (Fsp3) is 0.571. The predicted octanol–water partition coefficient (Wildman–Crippen LogP) is 2.90. The van der Waals surface area contributed by atoms with Crippen molar-refractivity contribution in [3.05, 3.63) is 30.3 Å². The van der Waals surface area contributed by atoms with Crippen molar-refractivity contribution in [3.8, 4) is 0 Å². The highest BCUT2D eigenvalue weighted by atomic mass is 16.6. The minimum absolute atomic E-state index is 0.0543. The highest BCUT2D eigenvalue weighted by molar-refractivity contribution is 5.95. The molecule has 7 nitrogen and oxygen atoms in total. The first-order valence-corrected chi connectivity index (χ1v) is 9.82. The Kier molecular flexibility index (Phi) is 7.43. The van der Waals surface area contributed by atoms with Crippen LogP contribution in [-0.2, 0) is 14.3 Å². The smallest absolute Gasteiger partial charge is 0.410 e. The minimum Gasteiger partial charge on any atom is -0.444 e. The van der Waals surface area contributed by atoms with E-state index in [1.54, 1.807) is 14.7 Å². The third kappa shape index (κ3) is 6.25. The summed E-state index contributed by atoms with van der Waals surface area (Å²) in [5.41, 5.74) is 0.308. The zero-order chi connectivity index (χ0) is 20.7. The average molecular weight is 389 g/mol. The van der Waals surface area contributed by atoms with E-state index in [9.17, 15) is 14.4 Å². The SMILES string of the molecule is CCN(C(=O)CCC(=O)N1CCN(C(=O)OC(C)(C)C)CC1)c1ccccc1. The van der Waals surface area contributed by atoms with E-state index in [0.29, 0.717) is 32.7 Å². The lowest BCUT2D eigenvalue weighted by molar-refractivity contribution is -0.134. The van der Waals surface area contributed by atoms with E-state index in [0.717, 1.165) is 5.69 Å². The summed E-state index contributed by atoms with van der Waals surface area (Å²) in [5, 5.41) is 0. The number of carbonyl (C=O) groups is 3. The molecule has 2 rings (SSSR count). The molecule has 0 aliphatic carbocycles. The topological polar surface area (TPSA) is 70.2 Å². The second-order valence-electron chi connectivity index (χ2n) is 7.82. The Morgan fingerprint density at radius 2 is 1.54 bits per heavy atom. The molecule has 1 aromatic carbocycles. The highest BCUT2D eigenvalue weighted by Crippen LogP contribution is 2.16. The molecule has 0 atom stereocenters. The van der Waals surface area contributed by atoms with Gasteiger partial charge in [0.05, 0.1) is 0 Å². The molecular weight excluding hydrogens is 358 g/mol. The van der Waals surface area contributed by atoms with Gasteiger partial charge in [-0.15, -0.1) is 0 Å². The molecule has 0 radical (unpaired) electrons. The summed E-state index contributed by atoms with van der Waals surface area (Å²) >= 11 is 0. The van der Waals surface area contributed by atoms with Gasteiger partial charge >= 0.3 is 6.09 Å². The molecule has 0 aromatic heterocycles. The molecule has 1 aliphatic heterocycles. The average Bonchev–Trinajstić information content (AvgIpc) is 2.66. The Morgan fingerprint density at radius 1 is 0.964 bits per heavy atom. The Bertz CT molecular complexity index is 677. The van der Waals surface area contributed by atoms with Gasteiger partial charge in [-0.25, -0.2) is 4.79 Å². The summed E-state index contributed by atoms with van der Waals surface area (Å²) in [6.45, 7) is 9.78. The third-order valence-corrected chi connectivity index (χ3v) is 4.52. The van der Waals surface area contributed by atoms with Gasteiger partial charge in [0.25, 0.3) is 0 Å². The Labute approximate surface area is 167 Å². The Hall–Kier alpha value is -2.57. The number of amides is 3. The van der Waals surface area contributed by atoms with Crippen LogP contribution >= 0.6 is 0 Å². The van der Waals surface area contributed by atoms with Crippen LogP contribution in [0.4, 0.5) is 10.5 Å². The number of rotatable bonds is 5. The minimum atomic E-state index is -0.533. The summed E-state index contributed by atoms with van der Waals surface area (Å²) in [6, 6.07) is 9.46. The van der Waals surface area contributed by atoms with Crippen molar-refractivity contribution >= 4 is 23.6 Å². The molecular formula is C21H31N3O4. The van der Waals surface area contributed by atoms with Gasteiger partial charge < -0.3 is 19.4 Å². The largest absolute Gasteiger partial charge is 0.444 e. The van der Waals surface area contributed by atoms with E-state index in [-0.39, 0.29) is 30.7 Å². The molecule has 0 bridgehead atoms. The zero-order valence-electron chi connectivity index (χ0n) is 17.3. The fourth-order valence-electron chi connectivity index (χ4n) is 3.08. The second-order valence-corrected chi connectivity index (χ2v) is 7.82. The quantitative estimate of drug-likeness (QED) is 0.776. The van der Waals surface area contributed by atoms with Crippen molar-refractivity contribution in [3.63, 3.8) is 0 Å². The first-order valence-electron chi connectivity index (χ1n) is 9.82. The van der Waals surface area contributed by atoms with E-state index < -0.39 is 5.60 Å². The maximum Gasteiger partial charge on any atom is 0.410 e. The van der Waals surface area contributed by atoms with Crippen LogP contribution in [0.1, 0.15) is 40.5 Å². The number of piperazine rings is 1. The molecule has 7 heteroatoms. The van der Waals surface area contributed by atoms with E-state index in [1.807, 2.05) is 58.0 Å². The van der Waals surface area contributed by atoms with Crippen LogP contribution in [0, 0.1) is 0 Å². The molecule has 1 aliphatic rings. The molecule has 154 valence electrons. The molecule has 28 heavy (non-hydrogen) atoms. The lowest BCUT2D eigenvalue weighted by Gasteiger charge is -2.35. The van der Waals surface area contributed by atoms with Gasteiger partial charge in [0.15, 0.2) is 0 Å². The van der Waals surface area contributed by atoms with Crippen LogP contribution < -0.4 is 4.90 Å². The molecule has 0 spiro atoms. The number of hydrogen-bond acceptors (Lipinski definition) is 4. The molecule has 3 amide bonds. The third-order valence-electron chi connectivity index (χ3n) is 4.52. The summed E-state index contributed by atoms with van der Waals surface area (Å²) in [5.74, 6) is -0.115. The van der Waals surface area contributed by atoms with Crippen LogP contribution in [0.25, 0.3) is 0 Å². The van der Waals surface area contributed by atoms with Crippen LogP contribution in [0.15, 0.2) is 30.3 Å². The van der Waals surface area contributed by atoms with Gasteiger partial charge in [-0.3, -0.25) is 9.59 Å².